The lowest BCUT2D eigenvalue weighted by atomic mass is 9.97. The second-order valence-corrected chi connectivity index (χ2v) is 5.93. The van der Waals surface area contributed by atoms with Crippen molar-refractivity contribution in [1.82, 2.24) is 4.90 Å². The molecule has 0 saturated heterocycles. The van der Waals surface area contributed by atoms with Gasteiger partial charge in [0.25, 0.3) is 0 Å². The molecule has 1 aromatic carbocycles. The van der Waals surface area contributed by atoms with Crippen LogP contribution in [0.1, 0.15) is 25.0 Å². The van der Waals surface area contributed by atoms with E-state index >= 15 is 0 Å². The molecule has 0 spiro atoms. The summed E-state index contributed by atoms with van der Waals surface area (Å²) in [6.07, 6.45) is 0.899. The molecule has 2 rings (SSSR count). The molecule has 1 heterocycles. The van der Waals surface area contributed by atoms with Crippen LogP contribution in [0.4, 0.5) is 0 Å². The van der Waals surface area contributed by atoms with Crippen LogP contribution in [-0.4, -0.2) is 22.9 Å². The first-order valence-corrected chi connectivity index (χ1v) is 6.53. The van der Waals surface area contributed by atoms with E-state index in [1.165, 1.54) is 11.1 Å². The normalized spacial score (nSPS) is 15.6. The lowest BCUT2D eigenvalue weighted by molar-refractivity contribution is -0.136. The summed E-state index contributed by atoms with van der Waals surface area (Å²) in [4.78, 5) is 14.0. The van der Waals surface area contributed by atoms with Crippen LogP contribution in [0.3, 0.4) is 0 Å². The summed E-state index contributed by atoms with van der Waals surface area (Å²) in [7, 11) is 0. The quantitative estimate of drug-likeness (QED) is 0.862. The van der Waals surface area contributed by atoms with Crippen LogP contribution in [0.5, 0.6) is 0 Å². The summed E-state index contributed by atoms with van der Waals surface area (Å²) in [5.41, 5.74) is 7.59. The van der Waals surface area contributed by atoms with E-state index in [1.54, 1.807) is 13.8 Å². The predicted octanol–water partition coefficient (Wildman–Crippen LogP) is 2.07. The van der Waals surface area contributed by atoms with Gasteiger partial charge < -0.3 is 10.6 Å². The molecule has 3 nitrogen and oxygen atoms in total. The Balaban J connectivity index is 2.25. The van der Waals surface area contributed by atoms with Crippen LogP contribution in [0, 0.1) is 0 Å². The molecule has 4 heteroatoms. The minimum Gasteiger partial charge on any atom is -0.336 e. The summed E-state index contributed by atoms with van der Waals surface area (Å²) in [6.45, 7) is 4.91. The molecule has 1 amide bonds. The van der Waals surface area contributed by atoms with Crippen LogP contribution in [0.15, 0.2) is 22.7 Å². The van der Waals surface area contributed by atoms with E-state index in [-0.39, 0.29) is 5.91 Å². The summed E-state index contributed by atoms with van der Waals surface area (Å²) in [5.74, 6) is 0.0129. The smallest absolute Gasteiger partial charge is 0.242 e. The number of rotatable bonds is 1. The van der Waals surface area contributed by atoms with Gasteiger partial charge in [-0.2, -0.15) is 0 Å². The molecule has 92 valence electrons. The first-order valence-electron chi connectivity index (χ1n) is 5.74. The van der Waals surface area contributed by atoms with E-state index in [1.807, 2.05) is 17.0 Å². The number of nitrogens with two attached hydrogens (primary N) is 1. The molecule has 0 bridgehead atoms. The van der Waals surface area contributed by atoms with Gasteiger partial charge in [-0.1, -0.05) is 28.1 Å². The van der Waals surface area contributed by atoms with Crippen molar-refractivity contribution in [3.8, 4) is 0 Å². The second kappa shape index (κ2) is 4.42. The van der Waals surface area contributed by atoms with E-state index in [2.05, 4.69) is 22.0 Å². The molecule has 0 aromatic heterocycles. The fraction of sp³-hybridized carbons (Fsp3) is 0.462. The zero-order chi connectivity index (χ0) is 12.6. The molecule has 0 aliphatic carbocycles. The van der Waals surface area contributed by atoms with Gasteiger partial charge in [0.1, 0.15) is 0 Å². The van der Waals surface area contributed by atoms with Gasteiger partial charge >= 0.3 is 0 Å². The van der Waals surface area contributed by atoms with Crippen molar-refractivity contribution in [2.75, 3.05) is 6.54 Å². The van der Waals surface area contributed by atoms with Crippen molar-refractivity contribution >= 4 is 21.8 Å². The maximum atomic E-state index is 12.1. The van der Waals surface area contributed by atoms with E-state index in [0.29, 0.717) is 6.54 Å². The van der Waals surface area contributed by atoms with Crippen LogP contribution in [0.2, 0.25) is 0 Å². The topological polar surface area (TPSA) is 46.3 Å². The second-order valence-electron chi connectivity index (χ2n) is 5.08. The zero-order valence-corrected chi connectivity index (χ0v) is 11.8. The number of halogens is 1. The molecule has 1 aromatic rings. The van der Waals surface area contributed by atoms with Gasteiger partial charge in [0.2, 0.25) is 5.91 Å². The third kappa shape index (κ3) is 2.53. The summed E-state index contributed by atoms with van der Waals surface area (Å²) >= 11 is 3.54. The molecule has 0 atom stereocenters. The van der Waals surface area contributed by atoms with Crippen molar-refractivity contribution in [1.29, 1.82) is 0 Å². The highest BCUT2D eigenvalue weighted by Gasteiger charge is 2.30. The van der Waals surface area contributed by atoms with Crippen LogP contribution in [0.25, 0.3) is 0 Å². The highest BCUT2D eigenvalue weighted by atomic mass is 79.9. The standard InChI is InChI=1S/C13H17BrN2O/c1-13(2,15)12(17)16-7-6-9-4-3-5-11(14)10(9)8-16/h3-5H,6-8,15H2,1-2H3. The Morgan fingerprint density at radius 1 is 1.47 bits per heavy atom. The van der Waals surface area contributed by atoms with Gasteiger partial charge in [0, 0.05) is 17.6 Å². The number of fused-ring (bicyclic) bond motifs is 1. The summed E-state index contributed by atoms with van der Waals surface area (Å²) in [5, 5.41) is 0. The van der Waals surface area contributed by atoms with Gasteiger partial charge in [-0.25, -0.2) is 0 Å². The average Bonchev–Trinajstić information content (AvgIpc) is 2.27. The van der Waals surface area contributed by atoms with Crippen LogP contribution < -0.4 is 5.73 Å². The predicted molar refractivity (Wildman–Crippen MR) is 71.5 cm³/mol. The van der Waals surface area contributed by atoms with Crippen LogP contribution in [-0.2, 0) is 17.8 Å². The summed E-state index contributed by atoms with van der Waals surface area (Å²) in [6, 6.07) is 6.17. The number of carbonyl (C=O) groups excluding carboxylic acids is 1. The van der Waals surface area contributed by atoms with Gasteiger partial charge in [-0.15, -0.1) is 0 Å². The number of amides is 1. The summed E-state index contributed by atoms with van der Waals surface area (Å²) < 4.78 is 1.07. The van der Waals surface area contributed by atoms with Gasteiger partial charge in [-0.05, 0) is 37.5 Å². The molecule has 2 N–H and O–H groups in total. The minimum atomic E-state index is -0.793. The van der Waals surface area contributed by atoms with E-state index in [4.69, 9.17) is 5.73 Å². The fourth-order valence-corrected chi connectivity index (χ4v) is 2.65. The Morgan fingerprint density at radius 2 is 2.18 bits per heavy atom. The zero-order valence-electron chi connectivity index (χ0n) is 10.2. The minimum absolute atomic E-state index is 0.0129. The first-order chi connectivity index (χ1) is 7.89. The lowest BCUT2D eigenvalue weighted by Crippen LogP contribution is -2.52. The SMILES string of the molecule is CC(C)(N)C(=O)N1CCc2cccc(Br)c2C1. The van der Waals surface area contributed by atoms with Gasteiger partial charge in [0.15, 0.2) is 0 Å². The van der Waals surface area contributed by atoms with E-state index < -0.39 is 5.54 Å². The molecule has 0 unspecified atom stereocenters. The first kappa shape index (κ1) is 12.6. The highest BCUT2D eigenvalue weighted by molar-refractivity contribution is 9.10. The fourth-order valence-electron chi connectivity index (χ4n) is 2.12. The van der Waals surface area contributed by atoms with Crippen LogP contribution >= 0.6 is 15.9 Å². The molecular weight excluding hydrogens is 280 g/mol. The van der Waals surface area contributed by atoms with Gasteiger partial charge in [0.05, 0.1) is 5.54 Å². The maximum Gasteiger partial charge on any atom is 0.242 e. The Hall–Kier alpha value is -0.870. The number of benzene rings is 1. The Morgan fingerprint density at radius 3 is 2.82 bits per heavy atom. The largest absolute Gasteiger partial charge is 0.336 e. The Labute approximate surface area is 110 Å². The van der Waals surface area contributed by atoms with Crippen molar-refractivity contribution in [3.63, 3.8) is 0 Å². The molecule has 1 aliphatic heterocycles. The van der Waals surface area contributed by atoms with E-state index in [0.717, 1.165) is 17.4 Å². The number of hydrogen-bond acceptors (Lipinski definition) is 2. The molecule has 17 heavy (non-hydrogen) atoms. The molecule has 0 radical (unpaired) electrons. The van der Waals surface area contributed by atoms with Crippen molar-refractivity contribution in [2.24, 2.45) is 5.73 Å². The number of nitrogens with zero attached hydrogens (tertiary/aromatic N) is 1. The molecule has 0 fully saturated rings. The average molecular weight is 297 g/mol. The van der Waals surface area contributed by atoms with Crippen molar-refractivity contribution in [3.05, 3.63) is 33.8 Å². The third-order valence-electron chi connectivity index (χ3n) is 3.05. The number of carbonyl (C=O) groups is 1. The molecular formula is C13H17BrN2O. The number of hydrogen-bond donors (Lipinski definition) is 1. The lowest BCUT2D eigenvalue weighted by Gasteiger charge is -2.33. The Kier molecular flexibility index (Phi) is 3.27. The van der Waals surface area contributed by atoms with Crippen molar-refractivity contribution in [2.45, 2.75) is 32.4 Å². The third-order valence-corrected chi connectivity index (χ3v) is 3.80. The van der Waals surface area contributed by atoms with Gasteiger partial charge in [-0.3, -0.25) is 4.79 Å². The molecule has 0 saturated carbocycles. The Bertz CT molecular complexity index is 451. The molecule has 1 aliphatic rings. The van der Waals surface area contributed by atoms with Crippen molar-refractivity contribution < 1.29 is 4.79 Å². The highest BCUT2D eigenvalue weighted by Crippen LogP contribution is 2.27. The monoisotopic (exact) mass is 296 g/mol. The maximum absolute atomic E-state index is 12.1. The van der Waals surface area contributed by atoms with E-state index in [9.17, 15) is 4.79 Å².